The van der Waals surface area contributed by atoms with Crippen LogP contribution in [0.3, 0.4) is 0 Å². The lowest BCUT2D eigenvalue weighted by atomic mass is 9.91. The molecule has 2 aliphatic heterocycles. The Hall–Kier alpha value is -2.18. The molecule has 0 radical (unpaired) electrons. The van der Waals surface area contributed by atoms with Crippen molar-refractivity contribution < 1.29 is 9.32 Å². The Balaban J connectivity index is 1.17. The number of aryl methyl sites for hydroxylation is 1. The van der Waals surface area contributed by atoms with Crippen LogP contribution in [0.15, 0.2) is 45.4 Å². The smallest absolute Gasteiger partial charge is 0.228 e. The van der Waals surface area contributed by atoms with Gasteiger partial charge in [0.1, 0.15) is 0 Å². The summed E-state index contributed by atoms with van der Waals surface area (Å²) in [6, 6.07) is 12.6. The van der Waals surface area contributed by atoms with Gasteiger partial charge in [0.25, 0.3) is 0 Å². The van der Waals surface area contributed by atoms with Crippen LogP contribution in [-0.4, -0.2) is 29.1 Å². The van der Waals surface area contributed by atoms with Crippen LogP contribution in [0.2, 0.25) is 0 Å². The number of amides is 1. The Morgan fingerprint density at radius 3 is 2.90 bits per heavy atom. The molecule has 0 atom stereocenters. The SMILES string of the molecule is O=C1Cc2cc3c(CCC4CCN(Cc5cccc(Br)c5)CC4)noc3cc2N1. The predicted octanol–water partition coefficient (Wildman–Crippen LogP) is 4.93. The number of hydrogen-bond acceptors (Lipinski definition) is 4. The summed E-state index contributed by atoms with van der Waals surface area (Å²) in [5.41, 5.74) is 5.08. The first kappa shape index (κ1) is 18.8. The fourth-order valence-electron chi connectivity index (χ4n) is 4.56. The third-order valence-electron chi connectivity index (χ3n) is 6.19. The highest BCUT2D eigenvalue weighted by Gasteiger charge is 2.23. The number of halogens is 1. The van der Waals surface area contributed by atoms with Crippen molar-refractivity contribution in [3.8, 4) is 0 Å². The molecule has 6 heteroatoms. The summed E-state index contributed by atoms with van der Waals surface area (Å²) in [7, 11) is 0. The van der Waals surface area contributed by atoms with E-state index in [-0.39, 0.29) is 5.91 Å². The Morgan fingerprint density at radius 2 is 2.07 bits per heavy atom. The monoisotopic (exact) mass is 453 g/mol. The summed E-state index contributed by atoms with van der Waals surface area (Å²) >= 11 is 3.56. The molecule has 150 valence electrons. The maximum Gasteiger partial charge on any atom is 0.228 e. The molecule has 2 aliphatic rings. The topological polar surface area (TPSA) is 58.4 Å². The standard InChI is InChI=1S/C23H24BrN3O2/c24-18-3-1-2-16(10-18)14-27-8-6-15(7-9-27)4-5-20-19-11-17-12-23(28)25-21(17)13-22(19)29-26-20/h1-3,10-11,13,15H,4-9,12,14H2,(H,25,28). The number of carbonyl (C=O) groups excluding carboxylic acids is 1. The van der Waals surface area contributed by atoms with Crippen molar-refractivity contribution in [2.24, 2.45) is 5.92 Å². The summed E-state index contributed by atoms with van der Waals surface area (Å²) < 4.78 is 6.68. The molecule has 0 aliphatic carbocycles. The maximum atomic E-state index is 11.6. The van der Waals surface area contributed by atoms with E-state index >= 15 is 0 Å². The number of piperidine rings is 1. The van der Waals surface area contributed by atoms with Gasteiger partial charge in [-0.15, -0.1) is 0 Å². The lowest BCUT2D eigenvalue weighted by Gasteiger charge is -2.32. The van der Waals surface area contributed by atoms with Crippen LogP contribution in [-0.2, 0) is 24.2 Å². The summed E-state index contributed by atoms with van der Waals surface area (Å²) in [5.74, 6) is 0.787. The summed E-state index contributed by atoms with van der Waals surface area (Å²) in [4.78, 5) is 14.2. The summed E-state index contributed by atoms with van der Waals surface area (Å²) in [6.45, 7) is 3.33. The van der Waals surface area contributed by atoms with Gasteiger partial charge in [0.05, 0.1) is 12.1 Å². The largest absolute Gasteiger partial charge is 0.356 e. The van der Waals surface area contributed by atoms with E-state index in [1.54, 1.807) is 0 Å². The van der Waals surface area contributed by atoms with Gasteiger partial charge in [0.15, 0.2) is 5.58 Å². The van der Waals surface area contributed by atoms with Crippen LogP contribution in [0.25, 0.3) is 11.0 Å². The number of likely N-dealkylation sites (tertiary alicyclic amines) is 1. The van der Waals surface area contributed by atoms with Crippen molar-refractivity contribution in [3.05, 3.63) is 57.7 Å². The number of fused-ring (bicyclic) bond motifs is 2. The Labute approximate surface area is 178 Å². The average Bonchev–Trinajstić information content (AvgIpc) is 3.27. The quantitative estimate of drug-likeness (QED) is 0.594. The highest BCUT2D eigenvalue weighted by Crippen LogP contribution is 2.32. The van der Waals surface area contributed by atoms with E-state index in [9.17, 15) is 4.79 Å². The first-order valence-corrected chi connectivity index (χ1v) is 11.1. The molecule has 5 rings (SSSR count). The van der Waals surface area contributed by atoms with Gasteiger partial charge in [0.2, 0.25) is 5.91 Å². The lowest BCUT2D eigenvalue weighted by molar-refractivity contribution is -0.115. The van der Waals surface area contributed by atoms with Crippen molar-refractivity contribution >= 4 is 38.5 Å². The van der Waals surface area contributed by atoms with Crippen molar-refractivity contribution in [1.82, 2.24) is 10.1 Å². The Bertz CT molecular complexity index is 1050. The minimum absolute atomic E-state index is 0.0526. The third-order valence-corrected chi connectivity index (χ3v) is 6.68. The molecule has 3 aromatic rings. The zero-order chi connectivity index (χ0) is 19.8. The van der Waals surface area contributed by atoms with Gasteiger partial charge in [0, 0.05) is 28.2 Å². The van der Waals surface area contributed by atoms with Crippen LogP contribution in [0.1, 0.15) is 36.1 Å². The summed E-state index contributed by atoms with van der Waals surface area (Å²) in [5, 5.41) is 8.25. The van der Waals surface area contributed by atoms with Crippen molar-refractivity contribution in [2.45, 2.75) is 38.6 Å². The average molecular weight is 454 g/mol. The molecule has 0 spiro atoms. The fraction of sp³-hybridized carbons (Fsp3) is 0.391. The molecule has 0 saturated carbocycles. The van der Waals surface area contributed by atoms with Gasteiger partial charge in [-0.25, -0.2) is 0 Å². The van der Waals surface area contributed by atoms with Gasteiger partial charge in [-0.1, -0.05) is 33.2 Å². The number of benzene rings is 2. The van der Waals surface area contributed by atoms with Crippen molar-refractivity contribution in [2.75, 3.05) is 18.4 Å². The third kappa shape index (κ3) is 4.09. The van der Waals surface area contributed by atoms with E-state index in [0.29, 0.717) is 6.42 Å². The minimum Gasteiger partial charge on any atom is -0.356 e. The number of rotatable bonds is 5. The van der Waals surface area contributed by atoms with Gasteiger partial charge < -0.3 is 9.84 Å². The number of anilines is 1. The summed E-state index contributed by atoms with van der Waals surface area (Å²) in [6.07, 6.45) is 4.99. The molecular formula is C23H24BrN3O2. The van der Waals surface area contributed by atoms with Crippen LogP contribution in [0.4, 0.5) is 5.69 Å². The molecule has 29 heavy (non-hydrogen) atoms. The molecule has 3 heterocycles. The number of nitrogens with zero attached hydrogens (tertiary/aromatic N) is 2. The number of carbonyl (C=O) groups is 1. The number of nitrogens with one attached hydrogen (secondary N) is 1. The maximum absolute atomic E-state index is 11.6. The van der Waals surface area contributed by atoms with Crippen LogP contribution < -0.4 is 5.32 Å². The lowest BCUT2D eigenvalue weighted by Crippen LogP contribution is -2.33. The highest BCUT2D eigenvalue weighted by atomic mass is 79.9. The van der Waals surface area contributed by atoms with Crippen molar-refractivity contribution in [1.29, 1.82) is 0 Å². The van der Waals surface area contributed by atoms with E-state index in [1.165, 1.54) is 18.4 Å². The van der Waals surface area contributed by atoms with Gasteiger partial charge in [-0.05, 0) is 74.0 Å². The number of hydrogen-bond donors (Lipinski definition) is 1. The van der Waals surface area contributed by atoms with Crippen LogP contribution in [0, 0.1) is 5.92 Å². The minimum atomic E-state index is 0.0526. The van der Waals surface area contributed by atoms with Gasteiger partial charge in [-0.2, -0.15) is 0 Å². The molecule has 0 unspecified atom stereocenters. The van der Waals surface area contributed by atoms with E-state index in [4.69, 9.17) is 4.52 Å². The molecule has 1 N–H and O–H groups in total. The van der Waals surface area contributed by atoms with E-state index in [0.717, 1.165) is 70.8 Å². The fourth-order valence-corrected chi connectivity index (χ4v) is 5.00. The molecule has 1 amide bonds. The Morgan fingerprint density at radius 1 is 1.21 bits per heavy atom. The van der Waals surface area contributed by atoms with Gasteiger partial charge in [-0.3, -0.25) is 9.69 Å². The van der Waals surface area contributed by atoms with E-state index < -0.39 is 0 Å². The molecule has 1 saturated heterocycles. The molecule has 1 aromatic heterocycles. The van der Waals surface area contributed by atoms with Crippen molar-refractivity contribution in [3.63, 3.8) is 0 Å². The first-order chi connectivity index (χ1) is 14.1. The Kier molecular flexibility index (Phi) is 5.14. The first-order valence-electron chi connectivity index (χ1n) is 10.3. The number of aromatic nitrogens is 1. The zero-order valence-corrected chi connectivity index (χ0v) is 17.9. The second kappa shape index (κ2) is 7.92. The highest BCUT2D eigenvalue weighted by molar-refractivity contribution is 9.10. The second-order valence-electron chi connectivity index (χ2n) is 8.25. The molecule has 1 fully saturated rings. The van der Waals surface area contributed by atoms with Crippen LogP contribution in [0.5, 0.6) is 0 Å². The van der Waals surface area contributed by atoms with Gasteiger partial charge >= 0.3 is 0 Å². The molecule has 2 aromatic carbocycles. The molecule has 5 nitrogen and oxygen atoms in total. The zero-order valence-electron chi connectivity index (χ0n) is 16.3. The van der Waals surface area contributed by atoms with E-state index in [1.807, 2.05) is 6.07 Å². The van der Waals surface area contributed by atoms with Crippen LogP contribution >= 0.6 is 15.9 Å². The second-order valence-corrected chi connectivity index (χ2v) is 9.16. The molecule has 0 bridgehead atoms. The molecular weight excluding hydrogens is 430 g/mol. The van der Waals surface area contributed by atoms with E-state index in [2.05, 4.69) is 61.6 Å². The normalized spacial score (nSPS) is 17.6. The predicted molar refractivity (Wildman–Crippen MR) is 117 cm³/mol.